The third-order valence-corrected chi connectivity index (χ3v) is 4.26. The number of nitrogens with zero attached hydrogens (tertiary/aromatic N) is 3. The summed E-state index contributed by atoms with van der Waals surface area (Å²) in [5, 5.41) is 21.0. The zero-order valence-corrected chi connectivity index (χ0v) is 12.8. The molecule has 1 saturated carbocycles. The number of amides is 1. The van der Waals surface area contributed by atoms with E-state index in [2.05, 4.69) is 15.5 Å². The summed E-state index contributed by atoms with van der Waals surface area (Å²) in [7, 11) is 0. The van der Waals surface area contributed by atoms with Crippen LogP contribution in [0.3, 0.4) is 0 Å². The number of benzene rings is 1. The summed E-state index contributed by atoms with van der Waals surface area (Å²) >= 11 is 1.41. The van der Waals surface area contributed by atoms with E-state index in [4.69, 9.17) is 10.00 Å². The molecule has 3 rings (SSSR count). The fourth-order valence-electron chi connectivity index (χ4n) is 1.85. The van der Waals surface area contributed by atoms with Gasteiger partial charge in [-0.25, -0.2) is 0 Å². The van der Waals surface area contributed by atoms with E-state index in [1.807, 2.05) is 6.07 Å². The van der Waals surface area contributed by atoms with Gasteiger partial charge in [0, 0.05) is 5.92 Å². The van der Waals surface area contributed by atoms with Crippen LogP contribution < -0.4 is 10.1 Å². The number of aromatic nitrogens is 2. The molecule has 1 fully saturated rings. The Bertz CT molecular complexity index is 716. The third kappa shape index (κ3) is 3.40. The molecule has 1 aromatic carbocycles. The van der Waals surface area contributed by atoms with E-state index in [1.54, 1.807) is 31.2 Å². The van der Waals surface area contributed by atoms with Gasteiger partial charge in [-0.05, 0) is 44.0 Å². The van der Waals surface area contributed by atoms with Crippen LogP contribution in [0, 0.1) is 11.3 Å². The van der Waals surface area contributed by atoms with Crippen LogP contribution in [0.4, 0.5) is 5.13 Å². The van der Waals surface area contributed by atoms with E-state index in [1.165, 1.54) is 11.3 Å². The van der Waals surface area contributed by atoms with Crippen LogP contribution in [-0.2, 0) is 4.79 Å². The summed E-state index contributed by atoms with van der Waals surface area (Å²) in [5.41, 5.74) is 0.547. The highest BCUT2D eigenvalue weighted by Crippen LogP contribution is 2.42. The lowest BCUT2D eigenvalue weighted by Crippen LogP contribution is -2.30. The van der Waals surface area contributed by atoms with Crippen LogP contribution in [0.2, 0.25) is 0 Å². The topological polar surface area (TPSA) is 87.9 Å². The lowest BCUT2D eigenvalue weighted by atomic mass is 10.2. The van der Waals surface area contributed by atoms with Crippen molar-refractivity contribution in [2.75, 3.05) is 5.32 Å². The summed E-state index contributed by atoms with van der Waals surface area (Å²) < 4.78 is 5.55. The van der Waals surface area contributed by atoms with Gasteiger partial charge in [0.1, 0.15) is 10.8 Å². The maximum Gasteiger partial charge on any atom is 0.266 e. The molecule has 1 aromatic heterocycles. The summed E-state index contributed by atoms with van der Waals surface area (Å²) in [6, 6.07) is 8.65. The fourth-order valence-corrected chi connectivity index (χ4v) is 2.77. The number of hydrogen-bond donors (Lipinski definition) is 1. The van der Waals surface area contributed by atoms with Crippen molar-refractivity contribution in [2.24, 2.45) is 0 Å². The highest BCUT2D eigenvalue weighted by Gasteiger charge is 2.28. The van der Waals surface area contributed by atoms with Gasteiger partial charge >= 0.3 is 0 Å². The molecule has 1 N–H and O–H groups in total. The molecule has 0 bridgehead atoms. The maximum atomic E-state index is 12.1. The second-order valence-corrected chi connectivity index (χ2v) is 6.11. The highest BCUT2D eigenvalue weighted by molar-refractivity contribution is 7.15. The van der Waals surface area contributed by atoms with E-state index < -0.39 is 6.10 Å². The highest BCUT2D eigenvalue weighted by atomic mass is 32.1. The molecule has 112 valence electrons. The van der Waals surface area contributed by atoms with E-state index in [0.29, 0.717) is 22.4 Å². The van der Waals surface area contributed by atoms with Gasteiger partial charge in [0.15, 0.2) is 6.10 Å². The van der Waals surface area contributed by atoms with Gasteiger partial charge in [0.25, 0.3) is 5.91 Å². The SMILES string of the molecule is C[C@H](Oc1ccc(C#N)cc1)C(=O)Nc1nnc(C2CC2)s1. The minimum Gasteiger partial charge on any atom is -0.481 e. The molecule has 1 aliphatic carbocycles. The van der Waals surface area contributed by atoms with Crippen molar-refractivity contribution in [3.8, 4) is 11.8 Å². The molecule has 1 heterocycles. The van der Waals surface area contributed by atoms with Crippen molar-refractivity contribution >= 4 is 22.4 Å². The van der Waals surface area contributed by atoms with E-state index in [9.17, 15) is 4.79 Å². The van der Waals surface area contributed by atoms with Crippen molar-refractivity contribution in [2.45, 2.75) is 31.8 Å². The standard InChI is InChI=1S/C15H14N4O2S/c1-9(21-12-6-2-10(8-16)3-7-12)13(20)17-15-19-18-14(22-15)11-4-5-11/h2-3,6-7,9,11H,4-5H2,1H3,(H,17,19,20)/t9-/m0/s1. The first-order valence-corrected chi connectivity index (χ1v) is 7.78. The van der Waals surface area contributed by atoms with Crippen LogP contribution in [0.25, 0.3) is 0 Å². The zero-order valence-electron chi connectivity index (χ0n) is 11.9. The van der Waals surface area contributed by atoms with Gasteiger partial charge in [0.2, 0.25) is 5.13 Å². The normalized spacial score (nSPS) is 14.9. The molecule has 2 aromatic rings. The van der Waals surface area contributed by atoms with Crippen molar-refractivity contribution in [3.05, 3.63) is 34.8 Å². The average molecular weight is 314 g/mol. The molecule has 22 heavy (non-hydrogen) atoms. The second-order valence-electron chi connectivity index (χ2n) is 5.11. The van der Waals surface area contributed by atoms with Crippen LogP contribution in [-0.4, -0.2) is 22.2 Å². The monoisotopic (exact) mass is 314 g/mol. The largest absolute Gasteiger partial charge is 0.481 e. The molecular formula is C15H14N4O2S. The first-order chi connectivity index (χ1) is 10.7. The van der Waals surface area contributed by atoms with Gasteiger partial charge in [-0.15, -0.1) is 10.2 Å². The lowest BCUT2D eigenvalue weighted by molar-refractivity contribution is -0.122. The van der Waals surface area contributed by atoms with Crippen LogP contribution in [0.15, 0.2) is 24.3 Å². The molecule has 0 unspecified atom stereocenters. The minimum atomic E-state index is -0.666. The van der Waals surface area contributed by atoms with E-state index in [-0.39, 0.29) is 5.91 Å². The molecule has 7 heteroatoms. The van der Waals surface area contributed by atoms with Gasteiger partial charge in [-0.2, -0.15) is 5.26 Å². The Morgan fingerprint density at radius 1 is 1.41 bits per heavy atom. The molecule has 1 aliphatic rings. The lowest BCUT2D eigenvalue weighted by Gasteiger charge is -2.13. The number of hydrogen-bond acceptors (Lipinski definition) is 6. The fraction of sp³-hybridized carbons (Fsp3) is 0.333. The number of rotatable bonds is 5. The second kappa shape index (κ2) is 6.12. The van der Waals surface area contributed by atoms with Gasteiger partial charge in [-0.1, -0.05) is 11.3 Å². The van der Waals surface area contributed by atoms with E-state index in [0.717, 1.165) is 17.8 Å². The molecule has 6 nitrogen and oxygen atoms in total. The Hall–Kier alpha value is -2.46. The Kier molecular flexibility index (Phi) is 4.02. The molecule has 0 aliphatic heterocycles. The predicted octanol–water partition coefficient (Wildman–Crippen LogP) is 2.69. The van der Waals surface area contributed by atoms with Crippen molar-refractivity contribution in [1.29, 1.82) is 5.26 Å². The minimum absolute atomic E-state index is 0.275. The van der Waals surface area contributed by atoms with Crippen LogP contribution in [0.5, 0.6) is 5.75 Å². The van der Waals surface area contributed by atoms with Crippen LogP contribution in [0.1, 0.15) is 36.3 Å². The number of ether oxygens (including phenoxy) is 1. The van der Waals surface area contributed by atoms with Gasteiger partial charge < -0.3 is 4.74 Å². The molecule has 0 saturated heterocycles. The first kappa shape index (κ1) is 14.5. The number of carbonyl (C=O) groups excluding carboxylic acids is 1. The van der Waals surface area contributed by atoms with Crippen molar-refractivity contribution in [3.63, 3.8) is 0 Å². The van der Waals surface area contributed by atoms with Crippen molar-refractivity contribution in [1.82, 2.24) is 10.2 Å². The summed E-state index contributed by atoms with van der Waals surface area (Å²) in [5.74, 6) is 0.788. The van der Waals surface area contributed by atoms with Crippen molar-refractivity contribution < 1.29 is 9.53 Å². The number of nitriles is 1. The maximum absolute atomic E-state index is 12.1. The Morgan fingerprint density at radius 3 is 2.77 bits per heavy atom. The predicted molar refractivity (Wildman–Crippen MR) is 81.8 cm³/mol. The molecule has 0 spiro atoms. The summed E-state index contributed by atoms with van der Waals surface area (Å²) in [6.45, 7) is 1.66. The smallest absolute Gasteiger partial charge is 0.266 e. The first-order valence-electron chi connectivity index (χ1n) is 6.97. The zero-order chi connectivity index (χ0) is 15.5. The quantitative estimate of drug-likeness (QED) is 0.916. The number of carbonyl (C=O) groups is 1. The Balaban J connectivity index is 1.57. The molecule has 1 amide bonds. The summed E-state index contributed by atoms with van der Waals surface area (Å²) in [4.78, 5) is 12.1. The number of nitrogens with one attached hydrogen (secondary N) is 1. The van der Waals surface area contributed by atoms with Gasteiger partial charge in [0.05, 0.1) is 11.6 Å². The Morgan fingerprint density at radius 2 is 2.14 bits per heavy atom. The summed E-state index contributed by atoms with van der Waals surface area (Å²) in [6.07, 6.45) is 1.64. The Labute approximate surface area is 131 Å². The third-order valence-electron chi connectivity index (χ3n) is 3.26. The molecular weight excluding hydrogens is 300 g/mol. The average Bonchev–Trinajstić information content (AvgIpc) is 3.28. The van der Waals surface area contributed by atoms with E-state index >= 15 is 0 Å². The van der Waals surface area contributed by atoms with Gasteiger partial charge in [-0.3, -0.25) is 10.1 Å². The van der Waals surface area contributed by atoms with Crippen LogP contribution >= 0.6 is 11.3 Å². The number of anilines is 1. The molecule has 1 atom stereocenters. The molecule has 0 radical (unpaired) electrons.